The van der Waals surface area contributed by atoms with Crippen LogP contribution < -0.4 is 0 Å². The Morgan fingerprint density at radius 3 is 2.86 bits per heavy atom. The third-order valence-corrected chi connectivity index (χ3v) is 5.70. The molecule has 5 nitrogen and oxygen atoms in total. The number of ether oxygens (including phenoxy) is 1. The summed E-state index contributed by atoms with van der Waals surface area (Å²) in [6.45, 7) is 3.83. The number of carbonyl (C=O) groups excluding carboxylic acids is 1. The van der Waals surface area contributed by atoms with Crippen LogP contribution in [0.15, 0.2) is 30.0 Å². The Kier molecular flexibility index (Phi) is 4.88. The van der Waals surface area contributed by atoms with Crippen LogP contribution in [-0.2, 0) is 25.2 Å². The van der Waals surface area contributed by atoms with Crippen LogP contribution in [-0.4, -0.2) is 30.8 Å². The number of sulfone groups is 1. The minimum Gasteiger partial charge on any atom is -0.463 e. The molecule has 0 bridgehead atoms. The molecule has 0 saturated carbocycles. The van der Waals surface area contributed by atoms with Crippen molar-refractivity contribution in [1.82, 2.24) is 4.57 Å². The third kappa shape index (κ3) is 3.56. The molecule has 0 aromatic carbocycles. The zero-order chi connectivity index (χ0) is 15.5. The predicted molar refractivity (Wildman–Crippen MR) is 80.4 cm³/mol. The van der Waals surface area contributed by atoms with Crippen molar-refractivity contribution in [1.29, 1.82) is 0 Å². The van der Waals surface area contributed by atoms with Gasteiger partial charge in [0.2, 0.25) is 0 Å². The third-order valence-electron chi connectivity index (χ3n) is 3.70. The summed E-state index contributed by atoms with van der Waals surface area (Å²) >= 11 is 0. The highest BCUT2D eigenvalue weighted by molar-refractivity contribution is 7.91. The summed E-state index contributed by atoms with van der Waals surface area (Å²) in [4.78, 5) is 12.0. The summed E-state index contributed by atoms with van der Waals surface area (Å²) in [5, 5.41) is -0.757. The molecular weight excluding hydrogens is 290 g/mol. The molecule has 0 spiro atoms. The van der Waals surface area contributed by atoms with E-state index in [9.17, 15) is 13.2 Å². The van der Waals surface area contributed by atoms with Gasteiger partial charge in [0.25, 0.3) is 0 Å². The molecule has 1 aromatic rings. The van der Waals surface area contributed by atoms with E-state index in [2.05, 4.69) is 0 Å². The quantitative estimate of drug-likeness (QED) is 0.782. The molecule has 21 heavy (non-hydrogen) atoms. The lowest BCUT2D eigenvalue weighted by molar-refractivity contribution is -0.138. The highest BCUT2D eigenvalue weighted by Crippen LogP contribution is 2.27. The molecule has 1 aliphatic rings. The second-order valence-electron chi connectivity index (χ2n) is 5.21. The van der Waals surface area contributed by atoms with E-state index >= 15 is 0 Å². The molecule has 1 unspecified atom stereocenters. The van der Waals surface area contributed by atoms with Gasteiger partial charge in [0.05, 0.1) is 17.4 Å². The Morgan fingerprint density at radius 1 is 1.48 bits per heavy atom. The first-order valence-electron chi connectivity index (χ1n) is 7.16. The molecule has 1 heterocycles. The molecule has 0 amide bonds. The van der Waals surface area contributed by atoms with Crippen molar-refractivity contribution in [2.45, 2.75) is 44.2 Å². The molecule has 0 fully saturated rings. The normalized spacial score (nSPS) is 19.1. The van der Waals surface area contributed by atoms with Crippen molar-refractivity contribution >= 4 is 15.8 Å². The monoisotopic (exact) mass is 311 g/mol. The number of aromatic nitrogens is 1. The van der Waals surface area contributed by atoms with Gasteiger partial charge in [-0.2, -0.15) is 0 Å². The summed E-state index contributed by atoms with van der Waals surface area (Å²) in [5.74, 6) is -0.609. The van der Waals surface area contributed by atoms with Crippen LogP contribution >= 0.6 is 0 Å². The number of allylic oxidation sites excluding steroid dienone is 1. The predicted octanol–water partition coefficient (Wildman–Crippen LogP) is 2.21. The van der Waals surface area contributed by atoms with E-state index in [4.69, 9.17) is 4.74 Å². The van der Waals surface area contributed by atoms with Gasteiger partial charge in [-0.25, -0.2) is 13.2 Å². The molecule has 1 aliphatic carbocycles. The van der Waals surface area contributed by atoms with Crippen LogP contribution in [0.5, 0.6) is 0 Å². The molecule has 1 atom stereocenters. The molecular formula is C15H21NO4S. The number of nitrogens with zero attached hydrogens (tertiary/aromatic N) is 1. The maximum atomic E-state index is 12.7. The smallest absolute Gasteiger partial charge is 0.335 e. The van der Waals surface area contributed by atoms with Crippen molar-refractivity contribution in [3.8, 4) is 0 Å². The second kappa shape index (κ2) is 6.47. The molecule has 0 N–H and O–H groups in total. The fourth-order valence-electron chi connectivity index (χ4n) is 2.58. The van der Waals surface area contributed by atoms with E-state index in [0.717, 1.165) is 18.5 Å². The molecule has 6 heteroatoms. The van der Waals surface area contributed by atoms with E-state index < -0.39 is 21.1 Å². The van der Waals surface area contributed by atoms with E-state index in [0.29, 0.717) is 12.0 Å². The highest BCUT2D eigenvalue weighted by Gasteiger charge is 2.35. The fourth-order valence-corrected chi connectivity index (χ4v) is 4.54. The van der Waals surface area contributed by atoms with Crippen LogP contribution in [0, 0.1) is 6.92 Å². The summed E-state index contributed by atoms with van der Waals surface area (Å²) in [7, 11) is -3.45. The van der Waals surface area contributed by atoms with Gasteiger partial charge in [-0.1, -0.05) is 6.08 Å². The Labute approximate surface area is 125 Å². The Balaban J connectivity index is 2.25. The second-order valence-corrected chi connectivity index (χ2v) is 7.36. The maximum absolute atomic E-state index is 12.7. The summed E-state index contributed by atoms with van der Waals surface area (Å²) in [6, 6.07) is 3.67. The Hall–Kier alpha value is -1.56. The van der Waals surface area contributed by atoms with Gasteiger partial charge in [-0.15, -0.1) is 0 Å². The maximum Gasteiger partial charge on any atom is 0.335 e. The number of hydrogen-bond donors (Lipinski definition) is 0. The summed E-state index contributed by atoms with van der Waals surface area (Å²) in [6.07, 6.45) is 5.43. The SMILES string of the molecule is CCOC(=O)C1=CCCCC1S(=O)(=O)Cn1cccc1C. The first-order valence-corrected chi connectivity index (χ1v) is 8.87. The average Bonchev–Trinajstić information content (AvgIpc) is 2.84. The average molecular weight is 311 g/mol. The van der Waals surface area contributed by atoms with E-state index in [1.807, 2.05) is 19.1 Å². The minimum atomic E-state index is -3.45. The van der Waals surface area contributed by atoms with Crippen LogP contribution in [0.1, 0.15) is 31.9 Å². The van der Waals surface area contributed by atoms with Gasteiger partial charge in [0.15, 0.2) is 9.84 Å². The van der Waals surface area contributed by atoms with E-state index in [-0.39, 0.29) is 12.5 Å². The van der Waals surface area contributed by atoms with Gasteiger partial charge >= 0.3 is 5.97 Å². The lowest BCUT2D eigenvalue weighted by atomic mass is 9.99. The molecule has 0 saturated heterocycles. The molecule has 0 aliphatic heterocycles. The van der Waals surface area contributed by atoms with Gasteiger partial charge < -0.3 is 9.30 Å². The van der Waals surface area contributed by atoms with Gasteiger partial charge in [-0.05, 0) is 45.2 Å². The van der Waals surface area contributed by atoms with Crippen LogP contribution in [0.4, 0.5) is 0 Å². The van der Waals surface area contributed by atoms with E-state index in [1.165, 1.54) is 0 Å². The van der Waals surface area contributed by atoms with E-state index in [1.54, 1.807) is 23.8 Å². The summed E-state index contributed by atoms with van der Waals surface area (Å²) in [5.41, 5.74) is 1.18. The first kappa shape index (κ1) is 15.8. The van der Waals surface area contributed by atoms with Gasteiger partial charge in [-0.3, -0.25) is 0 Å². The van der Waals surface area contributed by atoms with Gasteiger partial charge in [0, 0.05) is 11.9 Å². The minimum absolute atomic E-state index is 0.104. The largest absolute Gasteiger partial charge is 0.463 e. The zero-order valence-corrected chi connectivity index (χ0v) is 13.2. The van der Waals surface area contributed by atoms with Crippen LogP contribution in [0.25, 0.3) is 0 Å². The van der Waals surface area contributed by atoms with Crippen molar-refractivity contribution < 1.29 is 17.9 Å². The number of aryl methyl sites for hydroxylation is 1. The molecule has 1 aromatic heterocycles. The lowest BCUT2D eigenvalue weighted by Crippen LogP contribution is -2.33. The van der Waals surface area contributed by atoms with Crippen molar-refractivity contribution in [2.75, 3.05) is 6.61 Å². The van der Waals surface area contributed by atoms with Crippen molar-refractivity contribution in [2.24, 2.45) is 0 Å². The number of rotatable bonds is 5. The molecule has 0 radical (unpaired) electrons. The Bertz CT molecular complexity index is 642. The summed E-state index contributed by atoms with van der Waals surface area (Å²) < 4.78 is 32.0. The highest BCUT2D eigenvalue weighted by atomic mass is 32.2. The Morgan fingerprint density at radius 2 is 2.24 bits per heavy atom. The topological polar surface area (TPSA) is 65.4 Å². The molecule has 2 rings (SSSR count). The number of esters is 1. The number of hydrogen-bond acceptors (Lipinski definition) is 4. The standard InChI is InChI=1S/C15H21NO4S/c1-3-20-15(17)13-8-4-5-9-14(13)21(18,19)11-16-10-6-7-12(16)2/h6-8,10,14H,3-5,9,11H2,1-2H3. The van der Waals surface area contributed by atoms with Crippen molar-refractivity contribution in [3.63, 3.8) is 0 Å². The molecule has 116 valence electrons. The number of carbonyl (C=O) groups is 1. The zero-order valence-electron chi connectivity index (χ0n) is 12.4. The first-order chi connectivity index (χ1) is 9.95. The lowest BCUT2D eigenvalue weighted by Gasteiger charge is -2.23. The van der Waals surface area contributed by atoms with Gasteiger partial charge in [0.1, 0.15) is 5.88 Å². The van der Waals surface area contributed by atoms with Crippen LogP contribution in [0.2, 0.25) is 0 Å². The van der Waals surface area contributed by atoms with Crippen LogP contribution in [0.3, 0.4) is 0 Å². The fraction of sp³-hybridized carbons (Fsp3) is 0.533. The van der Waals surface area contributed by atoms with Crippen molar-refractivity contribution in [3.05, 3.63) is 35.7 Å².